The molecule has 0 radical (unpaired) electrons. The molecule has 0 atom stereocenters. The van der Waals surface area contributed by atoms with Gasteiger partial charge >= 0.3 is 0 Å². The lowest BCUT2D eigenvalue weighted by atomic mass is 10.2. The molecule has 0 aliphatic rings. The molecule has 0 amide bonds. The molecule has 4 nitrogen and oxygen atoms in total. The lowest BCUT2D eigenvalue weighted by molar-refractivity contribution is 0.594. The number of benzene rings is 2. The van der Waals surface area contributed by atoms with Crippen LogP contribution in [0.1, 0.15) is 6.42 Å². The third-order valence-electron chi connectivity index (χ3n) is 3.81. The van der Waals surface area contributed by atoms with E-state index in [4.69, 9.17) is 11.6 Å². The fourth-order valence-electron chi connectivity index (χ4n) is 2.52. The number of rotatable bonds is 6. The van der Waals surface area contributed by atoms with Crippen LogP contribution in [-0.2, 0) is 9.84 Å². The van der Waals surface area contributed by atoms with Crippen molar-refractivity contribution in [2.75, 3.05) is 17.6 Å². The van der Waals surface area contributed by atoms with Crippen LogP contribution in [0.3, 0.4) is 0 Å². The zero-order chi connectivity index (χ0) is 17.9. The maximum atomic E-state index is 14.5. The van der Waals surface area contributed by atoms with E-state index >= 15 is 0 Å². The molecule has 0 saturated carbocycles. The molecule has 0 unspecified atom stereocenters. The Labute approximate surface area is 150 Å². The number of sulfone groups is 1. The second kappa shape index (κ2) is 7.37. The Kier molecular flexibility index (Phi) is 5.20. The van der Waals surface area contributed by atoms with E-state index in [1.165, 1.54) is 6.20 Å². The Hall–Kier alpha value is -2.18. The fourth-order valence-corrected chi connectivity index (χ4v) is 4.06. The van der Waals surface area contributed by atoms with Crippen molar-refractivity contribution in [3.05, 3.63) is 65.6 Å². The van der Waals surface area contributed by atoms with Crippen molar-refractivity contribution in [3.63, 3.8) is 0 Å². The quantitative estimate of drug-likeness (QED) is 0.649. The summed E-state index contributed by atoms with van der Waals surface area (Å²) >= 11 is 6.02. The molecule has 3 rings (SSSR count). The molecule has 130 valence electrons. The van der Waals surface area contributed by atoms with E-state index in [1.54, 1.807) is 48.5 Å². The van der Waals surface area contributed by atoms with Gasteiger partial charge < -0.3 is 5.32 Å². The standard InChI is InChI=1S/C18H16ClFN2O2S/c19-15-9-11-22-18-14(15)7-8-16(17(18)20)21-10-4-12-25(23,24)13-5-2-1-3-6-13/h1-3,5-9,11,21H,4,10,12H2. The third kappa shape index (κ3) is 3.91. The second-order valence-electron chi connectivity index (χ2n) is 5.53. The van der Waals surface area contributed by atoms with Gasteiger partial charge in [-0.05, 0) is 36.8 Å². The zero-order valence-electron chi connectivity index (χ0n) is 13.2. The van der Waals surface area contributed by atoms with E-state index in [2.05, 4.69) is 10.3 Å². The minimum Gasteiger partial charge on any atom is -0.383 e. The number of aromatic nitrogens is 1. The summed E-state index contributed by atoms with van der Waals surface area (Å²) in [7, 11) is -3.33. The van der Waals surface area contributed by atoms with Crippen molar-refractivity contribution >= 4 is 38.0 Å². The second-order valence-corrected chi connectivity index (χ2v) is 8.04. The molecule has 0 saturated heterocycles. The monoisotopic (exact) mass is 378 g/mol. The molecule has 3 aromatic rings. The Morgan fingerprint density at radius 1 is 1.08 bits per heavy atom. The van der Waals surface area contributed by atoms with E-state index in [-0.39, 0.29) is 17.0 Å². The minimum absolute atomic E-state index is 0.0106. The number of pyridine rings is 1. The van der Waals surface area contributed by atoms with Crippen LogP contribution < -0.4 is 5.32 Å². The van der Waals surface area contributed by atoms with Gasteiger partial charge in [-0.3, -0.25) is 4.98 Å². The van der Waals surface area contributed by atoms with Gasteiger partial charge in [0.1, 0.15) is 5.52 Å². The van der Waals surface area contributed by atoms with Gasteiger partial charge in [0.05, 0.1) is 21.4 Å². The van der Waals surface area contributed by atoms with Crippen LogP contribution in [0.25, 0.3) is 10.9 Å². The lowest BCUT2D eigenvalue weighted by Gasteiger charge is -2.10. The normalized spacial score (nSPS) is 11.6. The molecule has 2 aromatic carbocycles. The summed E-state index contributed by atoms with van der Waals surface area (Å²) in [5.41, 5.74) is 0.466. The van der Waals surface area contributed by atoms with E-state index in [1.807, 2.05) is 0 Å². The van der Waals surface area contributed by atoms with Gasteiger partial charge in [-0.15, -0.1) is 0 Å². The molecule has 1 aromatic heterocycles. The SMILES string of the molecule is O=S(=O)(CCCNc1ccc2c(Cl)ccnc2c1F)c1ccccc1. The molecule has 1 N–H and O–H groups in total. The maximum absolute atomic E-state index is 14.5. The van der Waals surface area contributed by atoms with Gasteiger partial charge in [-0.25, -0.2) is 12.8 Å². The van der Waals surface area contributed by atoms with Crippen LogP contribution in [0, 0.1) is 5.82 Å². The topological polar surface area (TPSA) is 59.1 Å². The highest BCUT2D eigenvalue weighted by Crippen LogP contribution is 2.27. The smallest absolute Gasteiger partial charge is 0.178 e. The number of halogens is 2. The average Bonchev–Trinajstić information content (AvgIpc) is 2.62. The molecular weight excluding hydrogens is 363 g/mol. The highest BCUT2D eigenvalue weighted by Gasteiger charge is 2.14. The molecule has 0 aliphatic heterocycles. The number of fused-ring (bicyclic) bond motifs is 1. The summed E-state index contributed by atoms with van der Waals surface area (Å²) in [6.07, 6.45) is 1.81. The van der Waals surface area contributed by atoms with Crippen LogP contribution in [0.15, 0.2) is 59.6 Å². The molecular formula is C18H16ClFN2O2S. The number of nitrogens with one attached hydrogen (secondary N) is 1. The van der Waals surface area contributed by atoms with Crippen LogP contribution in [0.4, 0.5) is 10.1 Å². The zero-order valence-corrected chi connectivity index (χ0v) is 14.8. The largest absolute Gasteiger partial charge is 0.383 e. The number of hydrogen-bond donors (Lipinski definition) is 1. The maximum Gasteiger partial charge on any atom is 0.178 e. The Morgan fingerprint density at radius 3 is 2.60 bits per heavy atom. The van der Waals surface area contributed by atoms with Crippen molar-refractivity contribution in [3.8, 4) is 0 Å². The molecule has 0 aliphatic carbocycles. The number of anilines is 1. The summed E-state index contributed by atoms with van der Waals surface area (Å²) in [5, 5.41) is 3.90. The van der Waals surface area contributed by atoms with E-state index < -0.39 is 15.7 Å². The predicted molar refractivity (Wildman–Crippen MR) is 98.3 cm³/mol. The van der Waals surface area contributed by atoms with Gasteiger partial charge in [0.2, 0.25) is 0 Å². The van der Waals surface area contributed by atoms with Crippen LogP contribution in [0.2, 0.25) is 5.02 Å². The van der Waals surface area contributed by atoms with Crippen LogP contribution in [0.5, 0.6) is 0 Å². The molecule has 0 bridgehead atoms. The summed E-state index contributed by atoms with van der Waals surface area (Å²) < 4.78 is 38.9. The molecule has 7 heteroatoms. The van der Waals surface area contributed by atoms with E-state index in [9.17, 15) is 12.8 Å². The summed E-state index contributed by atoms with van der Waals surface area (Å²) in [5.74, 6) is -0.505. The molecule has 0 fully saturated rings. The van der Waals surface area contributed by atoms with Gasteiger partial charge in [-0.2, -0.15) is 0 Å². The van der Waals surface area contributed by atoms with Crippen molar-refractivity contribution in [1.82, 2.24) is 4.98 Å². The van der Waals surface area contributed by atoms with Crippen molar-refractivity contribution in [2.24, 2.45) is 0 Å². The van der Waals surface area contributed by atoms with Gasteiger partial charge in [-0.1, -0.05) is 29.8 Å². The van der Waals surface area contributed by atoms with Gasteiger partial charge in [0.15, 0.2) is 15.7 Å². The summed E-state index contributed by atoms with van der Waals surface area (Å²) in [4.78, 5) is 4.31. The minimum atomic E-state index is -3.33. The Balaban J connectivity index is 1.65. The molecule has 1 heterocycles. The number of hydrogen-bond acceptors (Lipinski definition) is 4. The van der Waals surface area contributed by atoms with Crippen molar-refractivity contribution in [1.29, 1.82) is 0 Å². The van der Waals surface area contributed by atoms with E-state index in [0.29, 0.717) is 28.3 Å². The first-order valence-electron chi connectivity index (χ1n) is 7.73. The third-order valence-corrected chi connectivity index (χ3v) is 5.95. The van der Waals surface area contributed by atoms with Crippen LogP contribution >= 0.6 is 11.6 Å². The first kappa shape index (κ1) is 17.6. The number of nitrogens with zero attached hydrogens (tertiary/aromatic N) is 1. The fraction of sp³-hybridized carbons (Fsp3) is 0.167. The van der Waals surface area contributed by atoms with Crippen molar-refractivity contribution in [2.45, 2.75) is 11.3 Å². The Morgan fingerprint density at radius 2 is 1.84 bits per heavy atom. The van der Waals surface area contributed by atoms with E-state index in [0.717, 1.165) is 0 Å². The highest BCUT2D eigenvalue weighted by molar-refractivity contribution is 7.91. The first-order valence-corrected chi connectivity index (χ1v) is 9.76. The molecule has 25 heavy (non-hydrogen) atoms. The summed E-state index contributed by atoms with van der Waals surface area (Å²) in [6.45, 7) is 0.328. The van der Waals surface area contributed by atoms with Gasteiger partial charge in [0.25, 0.3) is 0 Å². The Bertz CT molecular complexity index is 995. The van der Waals surface area contributed by atoms with Gasteiger partial charge in [0, 0.05) is 18.1 Å². The predicted octanol–water partition coefficient (Wildman–Crippen LogP) is 4.30. The van der Waals surface area contributed by atoms with Crippen molar-refractivity contribution < 1.29 is 12.8 Å². The molecule has 0 spiro atoms. The first-order chi connectivity index (χ1) is 12.0. The lowest BCUT2D eigenvalue weighted by Crippen LogP contribution is -2.12. The highest BCUT2D eigenvalue weighted by atomic mass is 35.5. The van der Waals surface area contributed by atoms with Crippen LogP contribution in [-0.4, -0.2) is 25.7 Å². The summed E-state index contributed by atoms with van der Waals surface area (Å²) in [6, 6.07) is 13.2. The average molecular weight is 379 g/mol.